The first-order valence-electron chi connectivity index (χ1n) is 15.1. The van der Waals surface area contributed by atoms with Crippen molar-refractivity contribution < 1.29 is 129 Å². The largest absolute Gasteiger partial charge is 1.00 e. The summed E-state index contributed by atoms with van der Waals surface area (Å²) < 4.78 is 72.9. The summed E-state index contributed by atoms with van der Waals surface area (Å²) in [5.74, 6) is 0.559. The number of unbranched alkanes of at least 4 members (excludes halogenated alkanes) is 14. The van der Waals surface area contributed by atoms with Crippen LogP contribution in [0.4, 0.5) is 0 Å². The molecule has 0 saturated carbocycles. The van der Waals surface area contributed by atoms with Gasteiger partial charge in [0.1, 0.15) is 31.6 Å². The van der Waals surface area contributed by atoms with Crippen LogP contribution < -0.4 is 103 Å². The van der Waals surface area contributed by atoms with Gasteiger partial charge in [-0.3, -0.25) is 0 Å². The molecule has 1 heterocycles. The third kappa shape index (κ3) is 14.3. The molecule has 43 heavy (non-hydrogen) atoms. The molecule has 0 saturated heterocycles. The zero-order chi connectivity index (χ0) is 29.7. The molecule has 1 aromatic heterocycles. The van der Waals surface area contributed by atoms with E-state index in [9.17, 15) is 25.9 Å². The van der Waals surface area contributed by atoms with Gasteiger partial charge in [-0.15, -0.1) is 0 Å². The Hall–Kier alpha value is 1.00. The van der Waals surface area contributed by atoms with Crippen molar-refractivity contribution in [2.45, 2.75) is 126 Å². The maximum atomic E-state index is 11.9. The van der Waals surface area contributed by atoms with E-state index in [4.69, 9.17) is 0 Å². The van der Waals surface area contributed by atoms with Crippen LogP contribution in [-0.2, 0) is 33.2 Å². The third-order valence-electron chi connectivity index (χ3n) is 7.66. The smallest absolute Gasteiger partial charge is 0.744 e. The molecule has 12 heteroatoms. The molecule has 0 aliphatic carbocycles. The molecule has 0 N–H and O–H groups in total. The normalized spacial score (nSPS) is 11.8. The standard InChI is InChI=1S/C31H46N2O6S2.2K/c1-2-3-4-5-6-7-8-9-10-11-12-13-14-15-16-24-30-32-31-27(21-19-23-29(31)41(37,38)39)33(30)25-26-20-17-18-22-28(26)40(34,35)36;;/h17-23H,2-16,24-25H2,1H3,(H,34,35,36)(H,37,38,39);;/q;2*+1/p-2. The molecule has 0 aliphatic rings. The van der Waals surface area contributed by atoms with E-state index in [1.807, 2.05) is 0 Å². The van der Waals surface area contributed by atoms with Gasteiger partial charge in [-0.1, -0.05) is 121 Å². The summed E-state index contributed by atoms with van der Waals surface area (Å²) in [6.45, 7) is 2.27. The Labute approximate surface area is 343 Å². The van der Waals surface area contributed by atoms with Gasteiger partial charge in [0, 0.05) is 6.42 Å². The fourth-order valence-corrected chi connectivity index (χ4v) is 6.77. The molecule has 8 nitrogen and oxygen atoms in total. The molecule has 0 fully saturated rings. The number of para-hydroxylation sites is 1. The predicted octanol–water partition coefficient (Wildman–Crippen LogP) is 1.31. The van der Waals surface area contributed by atoms with E-state index in [1.54, 1.807) is 22.8 Å². The number of aryl methyl sites for hydroxylation is 1. The van der Waals surface area contributed by atoms with Crippen molar-refractivity contribution in [3.8, 4) is 0 Å². The van der Waals surface area contributed by atoms with Gasteiger partial charge >= 0.3 is 103 Å². The van der Waals surface area contributed by atoms with Gasteiger partial charge in [0.05, 0.1) is 21.9 Å². The van der Waals surface area contributed by atoms with Crippen molar-refractivity contribution >= 4 is 31.3 Å². The first-order chi connectivity index (χ1) is 19.6. The number of nitrogens with zero attached hydrogens (tertiary/aromatic N) is 2. The zero-order valence-electron chi connectivity index (χ0n) is 26.2. The third-order valence-corrected chi connectivity index (χ3v) is 9.47. The first kappa shape index (κ1) is 42.0. The molecule has 0 amide bonds. The van der Waals surface area contributed by atoms with Crippen LogP contribution in [0.15, 0.2) is 52.3 Å². The number of aromatic nitrogens is 2. The molecule has 3 aromatic rings. The Balaban J connectivity index is 0.00000462. The second-order valence-corrected chi connectivity index (χ2v) is 13.6. The van der Waals surface area contributed by atoms with Gasteiger partial charge in [-0.25, -0.2) is 21.8 Å². The van der Waals surface area contributed by atoms with E-state index in [0.717, 1.165) is 19.3 Å². The van der Waals surface area contributed by atoms with Gasteiger partial charge < -0.3 is 13.7 Å². The van der Waals surface area contributed by atoms with Crippen LogP contribution in [0.5, 0.6) is 0 Å². The van der Waals surface area contributed by atoms with Gasteiger partial charge in [0.15, 0.2) is 0 Å². The zero-order valence-corrected chi connectivity index (χ0v) is 34.1. The van der Waals surface area contributed by atoms with Crippen molar-refractivity contribution in [2.24, 2.45) is 0 Å². The van der Waals surface area contributed by atoms with E-state index in [-0.39, 0.29) is 125 Å². The number of hydrogen-bond acceptors (Lipinski definition) is 7. The number of fused-ring (bicyclic) bond motifs is 1. The Bertz CT molecular complexity index is 1460. The number of hydrogen-bond donors (Lipinski definition) is 0. The quantitative estimate of drug-likeness (QED) is 0.0998. The minimum absolute atomic E-state index is 0. The molecular weight excluding hydrogens is 639 g/mol. The van der Waals surface area contributed by atoms with Crippen LogP contribution in [-0.4, -0.2) is 35.5 Å². The van der Waals surface area contributed by atoms with Gasteiger partial charge in [-0.05, 0) is 30.2 Å². The minimum atomic E-state index is -4.76. The summed E-state index contributed by atoms with van der Waals surface area (Å²) in [4.78, 5) is 3.79. The number of benzene rings is 2. The van der Waals surface area contributed by atoms with E-state index in [0.29, 0.717) is 17.8 Å². The summed E-state index contributed by atoms with van der Waals surface area (Å²) in [7, 11) is -9.47. The Kier molecular flexibility index (Phi) is 21.3. The SMILES string of the molecule is CCCCCCCCCCCCCCCCCc1nc2c(S(=O)(=O)[O-])cccc2n1Cc1ccccc1S(=O)(=O)[O-].[K+].[K+]. The molecule has 0 spiro atoms. The Morgan fingerprint density at radius 3 is 1.60 bits per heavy atom. The number of rotatable bonds is 20. The van der Waals surface area contributed by atoms with E-state index in [2.05, 4.69) is 11.9 Å². The predicted molar refractivity (Wildman–Crippen MR) is 160 cm³/mol. The molecule has 0 radical (unpaired) electrons. The summed E-state index contributed by atoms with van der Waals surface area (Å²) in [6, 6.07) is 10.3. The fraction of sp³-hybridized carbons (Fsp3) is 0.581. The second-order valence-electron chi connectivity index (χ2n) is 11.0. The van der Waals surface area contributed by atoms with E-state index >= 15 is 0 Å². The van der Waals surface area contributed by atoms with E-state index < -0.39 is 25.1 Å². The van der Waals surface area contributed by atoms with Crippen molar-refractivity contribution in [1.29, 1.82) is 0 Å². The fourth-order valence-electron chi connectivity index (χ4n) is 5.44. The van der Waals surface area contributed by atoms with Gasteiger partial charge in [-0.2, -0.15) is 0 Å². The molecule has 0 atom stereocenters. The average Bonchev–Trinajstić information content (AvgIpc) is 3.27. The van der Waals surface area contributed by atoms with Gasteiger partial charge in [0.25, 0.3) is 0 Å². The maximum Gasteiger partial charge on any atom is 1.00 e. The Morgan fingerprint density at radius 2 is 1.09 bits per heavy atom. The topological polar surface area (TPSA) is 132 Å². The summed E-state index contributed by atoms with van der Waals surface area (Å²) in [5, 5.41) is 0. The van der Waals surface area contributed by atoms with E-state index in [1.165, 1.54) is 101 Å². The molecule has 0 bridgehead atoms. The van der Waals surface area contributed by atoms with Crippen molar-refractivity contribution in [2.75, 3.05) is 0 Å². The molecule has 3 rings (SSSR count). The van der Waals surface area contributed by atoms with Crippen LogP contribution in [0.1, 0.15) is 115 Å². The van der Waals surface area contributed by atoms with Crippen LogP contribution in [0.3, 0.4) is 0 Å². The number of imidazole rings is 1. The first-order valence-corrected chi connectivity index (χ1v) is 17.9. The summed E-state index contributed by atoms with van der Waals surface area (Å²) >= 11 is 0. The summed E-state index contributed by atoms with van der Waals surface area (Å²) in [6.07, 6.45) is 19.2. The minimum Gasteiger partial charge on any atom is -0.744 e. The second kappa shape index (κ2) is 21.8. The maximum absolute atomic E-state index is 11.9. The Morgan fingerprint density at radius 1 is 0.628 bits per heavy atom. The van der Waals surface area contributed by atoms with Crippen molar-refractivity contribution in [1.82, 2.24) is 9.55 Å². The molecule has 228 valence electrons. The van der Waals surface area contributed by atoms with Gasteiger partial charge in [0.2, 0.25) is 0 Å². The van der Waals surface area contributed by atoms with Crippen molar-refractivity contribution in [3.63, 3.8) is 0 Å². The monoisotopic (exact) mass is 682 g/mol. The van der Waals surface area contributed by atoms with Crippen LogP contribution in [0.25, 0.3) is 11.0 Å². The van der Waals surface area contributed by atoms with Crippen LogP contribution in [0.2, 0.25) is 0 Å². The average molecular weight is 683 g/mol. The molecule has 2 aromatic carbocycles. The summed E-state index contributed by atoms with van der Waals surface area (Å²) in [5.41, 5.74) is 0.770. The van der Waals surface area contributed by atoms with Crippen molar-refractivity contribution in [3.05, 3.63) is 53.9 Å². The van der Waals surface area contributed by atoms with Crippen LogP contribution >= 0.6 is 0 Å². The molecule has 0 unspecified atom stereocenters. The van der Waals surface area contributed by atoms with Crippen LogP contribution in [0, 0.1) is 0 Å². The molecule has 0 aliphatic heterocycles. The molecular formula is C31H44K2N2O6S2.